The standard InChI is InChI=1S/C17H14O4/c1-2-17(19)20-12-7-8-16-13(10-12)14(18)9-11-5-3-4-6-15(11)21-16/h3-8,10H,2,9H2,1H3. The lowest BCUT2D eigenvalue weighted by atomic mass is 10.0. The van der Waals surface area contributed by atoms with Gasteiger partial charge in [-0.05, 0) is 24.3 Å². The number of carbonyl (C=O) groups is 2. The van der Waals surface area contributed by atoms with Gasteiger partial charge in [-0.3, -0.25) is 9.59 Å². The van der Waals surface area contributed by atoms with Gasteiger partial charge in [0.05, 0.1) is 5.56 Å². The number of fused-ring (bicyclic) bond motifs is 2. The van der Waals surface area contributed by atoms with Crippen molar-refractivity contribution in [3.05, 3.63) is 53.6 Å². The van der Waals surface area contributed by atoms with Crippen LogP contribution >= 0.6 is 0 Å². The fourth-order valence-electron chi connectivity index (χ4n) is 2.22. The highest BCUT2D eigenvalue weighted by molar-refractivity contribution is 6.01. The smallest absolute Gasteiger partial charge is 0.310 e. The second-order valence-electron chi connectivity index (χ2n) is 4.80. The quantitative estimate of drug-likeness (QED) is 0.624. The summed E-state index contributed by atoms with van der Waals surface area (Å²) in [5, 5.41) is 0. The summed E-state index contributed by atoms with van der Waals surface area (Å²) in [6, 6.07) is 12.3. The van der Waals surface area contributed by atoms with E-state index in [1.165, 1.54) is 0 Å². The molecule has 0 amide bonds. The topological polar surface area (TPSA) is 52.6 Å². The molecule has 0 saturated carbocycles. The van der Waals surface area contributed by atoms with E-state index >= 15 is 0 Å². The Hall–Kier alpha value is -2.62. The Morgan fingerprint density at radius 1 is 1.19 bits per heavy atom. The summed E-state index contributed by atoms with van der Waals surface area (Å²) in [6.45, 7) is 1.72. The maximum Gasteiger partial charge on any atom is 0.310 e. The Balaban J connectivity index is 1.98. The predicted molar refractivity (Wildman–Crippen MR) is 76.9 cm³/mol. The first-order chi connectivity index (χ1) is 10.2. The third kappa shape index (κ3) is 2.65. The lowest BCUT2D eigenvalue weighted by Crippen LogP contribution is -2.07. The average Bonchev–Trinajstić information content (AvgIpc) is 2.63. The average molecular weight is 282 g/mol. The van der Waals surface area contributed by atoms with Crippen molar-refractivity contribution in [1.29, 1.82) is 0 Å². The molecule has 0 saturated heterocycles. The van der Waals surface area contributed by atoms with E-state index in [-0.39, 0.29) is 24.6 Å². The van der Waals surface area contributed by atoms with Crippen LogP contribution in [0, 0.1) is 0 Å². The van der Waals surface area contributed by atoms with Gasteiger partial charge in [0.25, 0.3) is 0 Å². The van der Waals surface area contributed by atoms with Gasteiger partial charge in [0.2, 0.25) is 0 Å². The molecule has 0 N–H and O–H groups in total. The van der Waals surface area contributed by atoms with Crippen LogP contribution in [0.15, 0.2) is 42.5 Å². The van der Waals surface area contributed by atoms with Gasteiger partial charge in [-0.1, -0.05) is 25.1 Å². The van der Waals surface area contributed by atoms with Crippen LogP contribution in [0.25, 0.3) is 0 Å². The van der Waals surface area contributed by atoms with Gasteiger partial charge in [0.15, 0.2) is 5.78 Å². The summed E-state index contributed by atoms with van der Waals surface area (Å²) in [5.74, 6) is 1.15. The minimum Gasteiger partial charge on any atom is -0.456 e. The van der Waals surface area contributed by atoms with Crippen LogP contribution in [0.5, 0.6) is 17.2 Å². The molecular weight excluding hydrogens is 268 g/mol. The van der Waals surface area contributed by atoms with E-state index in [4.69, 9.17) is 9.47 Å². The van der Waals surface area contributed by atoms with E-state index < -0.39 is 0 Å². The van der Waals surface area contributed by atoms with Crippen LogP contribution < -0.4 is 9.47 Å². The minimum atomic E-state index is -0.333. The van der Waals surface area contributed by atoms with Gasteiger partial charge in [0, 0.05) is 18.4 Å². The number of carbonyl (C=O) groups excluding carboxylic acids is 2. The number of hydrogen-bond acceptors (Lipinski definition) is 4. The van der Waals surface area contributed by atoms with Crippen molar-refractivity contribution in [2.24, 2.45) is 0 Å². The minimum absolute atomic E-state index is 0.0515. The Morgan fingerprint density at radius 3 is 2.81 bits per heavy atom. The van der Waals surface area contributed by atoms with Crippen LogP contribution in [-0.2, 0) is 11.2 Å². The molecule has 1 aliphatic heterocycles. The molecule has 0 aromatic heterocycles. The molecule has 0 fully saturated rings. The Kier molecular flexibility index (Phi) is 3.44. The molecule has 1 heterocycles. The zero-order valence-corrected chi connectivity index (χ0v) is 11.6. The van der Waals surface area contributed by atoms with E-state index in [0.717, 1.165) is 5.56 Å². The van der Waals surface area contributed by atoms with Crippen molar-refractivity contribution < 1.29 is 19.1 Å². The van der Waals surface area contributed by atoms with Gasteiger partial charge in [0.1, 0.15) is 17.2 Å². The molecule has 1 aliphatic rings. The maximum absolute atomic E-state index is 12.4. The fourth-order valence-corrected chi connectivity index (χ4v) is 2.22. The highest BCUT2D eigenvalue weighted by atomic mass is 16.5. The molecule has 0 atom stereocenters. The lowest BCUT2D eigenvalue weighted by Gasteiger charge is -2.09. The summed E-state index contributed by atoms with van der Waals surface area (Å²) in [7, 11) is 0. The van der Waals surface area contributed by atoms with Gasteiger partial charge in [-0.2, -0.15) is 0 Å². The van der Waals surface area contributed by atoms with Crippen LogP contribution in [0.4, 0.5) is 0 Å². The highest BCUT2D eigenvalue weighted by Crippen LogP contribution is 2.35. The number of esters is 1. The second-order valence-corrected chi connectivity index (χ2v) is 4.80. The molecule has 3 rings (SSSR count). The molecule has 21 heavy (non-hydrogen) atoms. The monoisotopic (exact) mass is 282 g/mol. The fraction of sp³-hybridized carbons (Fsp3) is 0.176. The molecule has 0 aliphatic carbocycles. The summed E-state index contributed by atoms with van der Waals surface area (Å²) >= 11 is 0. The molecule has 0 unspecified atom stereocenters. The summed E-state index contributed by atoms with van der Waals surface area (Å²) < 4.78 is 10.9. The number of ketones is 1. The number of benzene rings is 2. The van der Waals surface area contributed by atoms with Gasteiger partial charge < -0.3 is 9.47 Å². The van der Waals surface area contributed by atoms with Crippen molar-refractivity contribution in [2.75, 3.05) is 0 Å². The van der Waals surface area contributed by atoms with Crippen LogP contribution in [-0.4, -0.2) is 11.8 Å². The van der Waals surface area contributed by atoms with Crippen LogP contribution in [0.1, 0.15) is 29.3 Å². The number of ether oxygens (including phenoxy) is 2. The molecule has 4 nitrogen and oxygen atoms in total. The molecular formula is C17H14O4. The van der Waals surface area contributed by atoms with Gasteiger partial charge >= 0.3 is 5.97 Å². The second kappa shape index (κ2) is 5.40. The largest absolute Gasteiger partial charge is 0.456 e. The molecule has 0 spiro atoms. The first-order valence-electron chi connectivity index (χ1n) is 6.81. The lowest BCUT2D eigenvalue weighted by molar-refractivity contribution is -0.134. The summed E-state index contributed by atoms with van der Waals surface area (Å²) in [4.78, 5) is 23.7. The van der Waals surface area contributed by atoms with E-state index in [1.807, 2.05) is 24.3 Å². The first-order valence-corrected chi connectivity index (χ1v) is 6.81. The summed E-state index contributed by atoms with van der Waals surface area (Å²) in [5.41, 5.74) is 1.29. The first kappa shape index (κ1) is 13.4. The number of rotatable bonds is 2. The Bertz CT molecular complexity index is 718. The summed E-state index contributed by atoms with van der Waals surface area (Å²) in [6.07, 6.45) is 0.557. The van der Waals surface area contributed by atoms with Gasteiger partial charge in [-0.25, -0.2) is 0 Å². The van der Waals surface area contributed by atoms with Crippen molar-refractivity contribution in [3.8, 4) is 17.2 Å². The van der Waals surface area contributed by atoms with Crippen molar-refractivity contribution >= 4 is 11.8 Å². The number of Topliss-reactive ketones (excluding diaryl/α,β-unsaturated/α-hetero) is 1. The van der Waals surface area contributed by atoms with E-state index in [9.17, 15) is 9.59 Å². The SMILES string of the molecule is CCC(=O)Oc1ccc2c(c1)C(=O)Cc1ccccc1O2. The predicted octanol–water partition coefficient (Wildman–Crippen LogP) is 3.53. The van der Waals surface area contributed by atoms with Gasteiger partial charge in [-0.15, -0.1) is 0 Å². The normalized spacial score (nSPS) is 12.7. The third-order valence-corrected chi connectivity index (χ3v) is 3.32. The highest BCUT2D eigenvalue weighted by Gasteiger charge is 2.21. The van der Waals surface area contributed by atoms with E-state index in [2.05, 4.69) is 0 Å². The maximum atomic E-state index is 12.4. The van der Waals surface area contributed by atoms with Crippen molar-refractivity contribution in [3.63, 3.8) is 0 Å². The molecule has 0 bridgehead atoms. The molecule has 4 heteroatoms. The molecule has 2 aromatic carbocycles. The molecule has 2 aromatic rings. The van der Waals surface area contributed by atoms with Crippen LogP contribution in [0.2, 0.25) is 0 Å². The Morgan fingerprint density at radius 2 is 2.00 bits per heavy atom. The molecule has 106 valence electrons. The van der Waals surface area contributed by atoms with Crippen molar-refractivity contribution in [2.45, 2.75) is 19.8 Å². The number of para-hydroxylation sites is 1. The van der Waals surface area contributed by atoms with E-state index in [1.54, 1.807) is 25.1 Å². The zero-order chi connectivity index (χ0) is 14.8. The van der Waals surface area contributed by atoms with E-state index in [0.29, 0.717) is 22.8 Å². The Labute approximate surface area is 122 Å². The third-order valence-electron chi connectivity index (χ3n) is 3.32. The zero-order valence-electron chi connectivity index (χ0n) is 11.6. The number of hydrogen-bond donors (Lipinski definition) is 0. The molecule has 0 radical (unpaired) electrons. The van der Waals surface area contributed by atoms with Crippen molar-refractivity contribution in [1.82, 2.24) is 0 Å². The van der Waals surface area contributed by atoms with Crippen LogP contribution in [0.3, 0.4) is 0 Å².